The van der Waals surface area contributed by atoms with Crippen LogP contribution in [0, 0.1) is 22.7 Å². The minimum absolute atomic E-state index is 0.00224. The maximum absolute atomic E-state index is 8.74. The Kier molecular flexibility index (Phi) is 2.74. The van der Waals surface area contributed by atoms with Gasteiger partial charge in [0.2, 0.25) is 0 Å². The summed E-state index contributed by atoms with van der Waals surface area (Å²) in [5, 5.41) is 17.5. The molecule has 2 aromatic carbocycles. The van der Waals surface area contributed by atoms with Gasteiger partial charge in [0.15, 0.2) is 0 Å². The smallest absolute Gasteiger partial charge is 0.130 e. The van der Waals surface area contributed by atoms with E-state index in [0.717, 1.165) is 5.56 Å². The molecule has 0 fully saturated rings. The van der Waals surface area contributed by atoms with Crippen LogP contribution in [0.15, 0.2) is 60.1 Å². The molecule has 0 saturated carbocycles. The quantitative estimate of drug-likeness (QED) is 0.611. The van der Waals surface area contributed by atoms with Gasteiger partial charge in [0.05, 0.1) is 6.85 Å². The maximum Gasteiger partial charge on any atom is 0.130 e. The van der Waals surface area contributed by atoms with Crippen LogP contribution in [-0.4, -0.2) is 0 Å². The molecule has 0 atom stereocenters. The third-order valence-corrected chi connectivity index (χ3v) is 2.45. The third-order valence-electron chi connectivity index (χ3n) is 2.45. The largest absolute Gasteiger partial charge is 0.192 e. The Morgan fingerprint density at radius 3 is 2.00 bits per heavy atom. The van der Waals surface area contributed by atoms with Crippen LogP contribution in [0.5, 0.6) is 0 Å². The van der Waals surface area contributed by atoms with Crippen LogP contribution in [0.4, 0.5) is 0 Å². The second-order valence-electron chi connectivity index (χ2n) is 3.82. The van der Waals surface area contributed by atoms with Crippen LogP contribution >= 0.6 is 0 Å². The van der Waals surface area contributed by atoms with Gasteiger partial charge >= 0.3 is 0 Å². The van der Waals surface area contributed by atoms with Crippen LogP contribution < -0.4 is 0 Å². The van der Waals surface area contributed by atoms with E-state index in [1.54, 1.807) is 42.5 Å². The molecule has 0 unspecified atom stereocenters. The first kappa shape index (κ1) is 8.15. The molecule has 2 aromatic rings. The molecule has 0 aliphatic rings. The van der Waals surface area contributed by atoms with Crippen molar-refractivity contribution in [2.24, 2.45) is 0 Å². The molecule has 2 heteroatoms. The van der Waals surface area contributed by atoms with Gasteiger partial charge < -0.3 is 0 Å². The van der Waals surface area contributed by atoms with Crippen molar-refractivity contribution in [1.82, 2.24) is 0 Å². The van der Waals surface area contributed by atoms with Crippen LogP contribution in [0.3, 0.4) is 0 Å². The first-order valence-electron chi connectivity index (χ1n) is 8.26. The Labute approximate surface area is 125 Å². The molecule has 0 amide bonds. The van der Waals surface area contributed by atoms with Gasteiger partial charge in [-0.1, -0.05) is 66.6 Å². The summed E-state index contributed by atoms with van der Waals surface area (Å²) in [7, 11) is 0. The van der Waals surface area contributed by atoms with Crippen LogP contribution in [-0.2, 0) is 0 Å². The minimum atomic E-state index is -0.422. The summed E-state index contributed by atoms with van der Waals surface area (Å²) in [6.07, 6.45) is 4.57. The number of rotatable bonds is 3. The summed E-state index contributed by atoms with van der Waals surface area (Å²) in [5.74, 6) is 0. The Morgan fingerprint density at radius 1 is 0.850 bits per heavy atom. The summed E-state index contributed by atoms with van der Waals surface area (Å²) in [4.78, 5) is 0. The fourth-order valence-corrected chi connectivity index (χ4v) is 1.48. The predicted molar refractivity (Wildman–Crippen MR) is 81.0 cm³/mol. The Morgan fingerprint density at radius 2 is 1.40 bits per heavy atom. The second kappa shape index (κ2) is 6.73. The van der Waals surface area contributed by atoms with E-state index in [1.807, 2.05) is 0 Å². The van der Waals surface area contributed by atoms with Crippen molar-refractivity contribution < 1.29 is 6.85 Å². The number of benzene rings is 2. The van der Waals surface area contributed by atoms with Crippen LogP contribution in [0.2, 0.25) is 0 Å². The highest BCUT2D eigenvalue weighted by molar-refractivity contribution is 5.70. The minimum Gasteiger partial charge on any atom is -0.192 e. The van der Waals surface area contributed by atoms with Gasteiger partial charge in [-0.15, -0.1) is 0 Å². The zero-order valence-electron chi connectivity index (χ0n) is 15.4. The Hall–Kier alpha value is -3.10. The average Bonchev–Trinajstić information content (AvgIpc) is 2.64. The molecular formula is C18H12N2. The number of nitriles is 2. The van der Waals surface area contributed by atoms with E-state index >= 15 is 0 Å². The number of hydrogen-bond acceptors (Lipinski definition) is 2. The van der Waals surface area contributed by atoms with Crippen LogP contribution in [0.25, 0.3) is 18.2 Å². The van der Waals surface area contributed by atoms with E-state index in [-0.39, 0.29) is 35.3 Å². The molecule has 0 heterocycles. The van der Waals surface area contributed by atoms with E-state index in [9.17, 15) is 0 Å². The monoisotopic (exact) mass is 261 g/mol. The van der Waals surface area contributed by atoms with E-state index in [0.29, 0.717) is 5.56 Å². The molecule has 94 valence electrons. The molecule has 0 aliphatic carbocycles. The molecule has 0 aromatic heterocycles. The van der Waals surface area contributed by atoms with Crippen molar-refractivity contribution in [3.8, 4) is 12.1 Å². The lowest BCUT2D eigenvalue weighted by atomic mass is 10.1. The summed E-state index contributed by atoms with van der Waals surface area (Å²) in [5.41, 5.74) is 1.56. The molecule has 2 rings (SSSR count). The summed E-state index contributed by atoms with van der Waals surface area (Å²) < 4.78 is 38.6. The van der Waals surface area contributed by atoms with Gasteiger partial charge in [-0.2, -0.15) is 10.5 Å². The molecule has 0 spiro atoms. The Bertz CT molecular complexity index is 916. The number of nitrogens with zero attached hydrogens (tertiary/aromatic N) is 2. The standard InChI is InChI=1S/C18H12N2/c19-13-18(14-20)12-17-10-8-16(9-11-17)7-6-15-4-2-1-3-5-15/h1-12H/b7-6+/i1D,2D,3D,4D,5D. The Balaban J connectivity index is 2.34. The van der Waals surface area contributed by atoms with Gasteiger partial charge in [0.1, 0.15) is 17.7 Å². The molecule has 0 saturated heterocycles. The topological polar surface area (TPSA) is 47.6 Å². The molecule has 0 aliphatic heterocycles. The zero-order valence-corrected chi connectivity index (χ0v) is 10.4. The summed E-state index contributed by atoms with van der Waals surface area (Å²) >= 11 is 0. The van der Waals surface area contributed by atoms with Crippen LogP contribution in [0.1, 0.15) is 23.5 Å². The lowest BCUT2D eigenvalue weighted by Crippen LogP contribution is -1.77. The molecule has 0 bridgehead atoms. The molecule has 20 heavy (non-hydrogen) atoms. The van der Waals surface area contributed by atoms with Crippen molar-refractivity contribution in [3.63, 3.8) is 0 Å². The molecule has 2 nitrogen and oxygen atoms in total. The predicted octanol–water partition coefficient (Wildman–Crippen LogP) is 4.29. The first-order chi connectivity index (χ1) is 11.9. The molecule has 0 N–H and O–H groups in total. The van der Waals surface area contributed by atoms with Gasteiger partial charge in [-0.3, -0.25) is 0 Å². The molecular weight excluding hydrogens is 244 g/mol. The number of allylic oxidation sites excluding steroid dienone is 1. The van der Waals surface area contributed by atoms with Gasteiger partial charge in [0, 0.05) is 0 Å². The van der Waals surface area contributed by atoms with Gasteiger partial charge in [-0.25, -0.2) is 0 Å². The number of hydrogen-bond donors (Lipinski definition) is 0. The van der Waals surface area contributed by atoms with E-state index in [2.05, 4.69) is 0 Å². The summed E-state index contributed by atoms with van der Waals surface area (Å²) in [6.45, 7) is 0. The summed E-state index contributed by atoms with van der Waals surface area (Å²) in [6, 6.07) is 8.80. The maximum atomic E-state index is 8.74. The lowest BCUT2D eigenvalue weighted by molar-refractivity contribution is 1.47. The zero-order chi connectivity index (χ0) is 18.6. The molecule has 0 radical (unpaired) electrons. The van der Waals surface area contributed by atoms with Crippen molar-refractivity contribution >= 4 is 18.2 Å². The van der Waals surface area contributed by atoms with E-state index in [4.69, 9.17) is 17.4 Å². The fourth-order valence-electron chi connectivity index (χ4n) is 1.48. The highest BCUT2D eigenvalue weighted by Gasteiger charge is 1.94. The van der Waals surface area contributed by atoms with Gasteiger partial charge in [0.25, 0.3) is 0 Å². The van der Waals surface area contributed by atoms with Crippen molar-refractivity contribution in [3.05, 3.63) is 76.7 Å². The third kappa shape index (κ3) is 3.70. The van der Waals surface area contributed by atoms with E-state index < -0.39 is 6.04 Å². The highest BCUT2D eigenvalue weighted by Crippen LogP contribution is 2.11. The van der Waals surface area contributed by atoms with E-state index in [1.165, 1.54) is 12.2 Å². The highest BCUT2D eigenvalue weighted by atomic mass is 14.3. The van der Waals surface area contributed by atoms with Crippen molar-refractivity contribution in [2.45, 2.75) is 0 Å². The van der Waals surface area contributed by atoms with Gasteiger partial charge in [-0.05, 0) is 22.8 Å². The fraction of sp³-hybridized carbons (Fsp3) is 0. The average molecular weight is 261 g/mol. The second-order valence-corrected chi connectivity index (χ2v) is 3.82. The van der Waals surface area contributed by atoms with Crippen molar-refractivity contribution in [1.29, 1.82) is 10.5 Å². The first-order valence-corrected chi connectivity index (χ1v) is 5.76. The normalized spacial score (nSPS) is 13.2. The lowest BCUT2D eigenvalue weighted by Gasteiger charge is -1.96. The SMILES string of the molecule is [2H]c1c([2H])c([2H])c(/C=C/c2ccc(C=C(C#N)C#N)cc2)c([2H])c1[2H]. The van der Waals surface area contributed by atoms with Crippen molar-refractivity contribution in [2.75, 3.05) is 0 Å².